The summed E-state index contributed by atoms with van der Waals surface area (Å²) in [6.07, 6.45) is 1.32. The van der Waals surface area contributed by atoms with Crippen molar-refractivity contribution in [2.75, 3.05) is 0 Å². The minimum Gasteiger partial charge on any atom is -0.508 e. The number of hydrogen-bond acceptors (Lipinski definition) is 3. The van der Waals surface area contributed by atoms with E-state index in [1.807, 2.05) is 38.1 Å². The van der Waals surface area contributed by atoms with Crippen LogP contribution in [0.15, 0.2) is 36.4 Å². The fraction of sp³-hybridized carbons (Fsp3) is 0.350. The molecular weight excluding hydrogens is 304 g/mol. The third kappa shape index (κ3) is 3.70. The van der Waals surface area contributed by atoms with Gasteiger partial charge in [0.2, 0.25) is 0 Å². The summed E-state index contributed by atoms with van der Waals surface area (Å²) in [5.41, 5.74) is 3.22. The van der Waals surface area contributed by atoms with Crippen molar-refractivity contribution >= 4 is 5.97 Å². The maximum atomic E-state index is 10.9. The first-order valence-corrected chi connectivity index (χ1v) is 8.06. The molecule has 4 heteroatoms. The van der Waals surface area contributed by atoms with Gasteiger partial charge in [-0.15, -0.1) is 0 Å². The highest BCUT2D eigenvalue weighted by atomic mass is 16.4. The molecule has 2 aromatic rings. The van der Waals surface area contributed by atoms with Crippen LogP contribution >= 0.6 is 0 Å². The Labute approximate surface area is 142 Å². The lowest BCUT2D eigenvalue weighted by Gasteiger charge is -2.32. The summed E-state index contributed by atoms with van der Waals surface area (Å²) >= 11 is 0. The van der Waals surface area contributed by atoms with E-state index in [4.69, 9.17) is 5.11 Å². The van der Waals surface area contributed by atoms with Crippen molar-refractivity contribution in [1.82, 2.24) is 0 Å². The monoisotopic (exact) mass is 328 g/mol. The van der Waals surface area contributed by atoms with Crippen LogP contribution in [-0.4, -0.2) is 21.3 Å². The van der Waals surface area contributed by atoms with Crippen LogP contribution < -0.4 is 0 Å². The van der Waals surface area contributed by atoms with Crippen LogP contribution in [0.25, 0.3) is 0 Å². The van der Waals surface area contributed by atoms with Gasteiger partial charge in [-0.3, -0.25) is 4.79 Å². The van der Waals surface area contributed by atoms with Crippen LogP contribution in [0.3, 0.4) is 0 Å². The number of carbonyl (C=O) groups is 1. The summed E-state index contributed by atoms with van der Waals surface area (Å²) in [5, 5.41) is 28.5. The number of aryl methyl sites for hydroxylation is 2. The Morgan fingerprint density at radius 3 is 1.79 bits per heavy atom. The minimum atomic E-state index is -0.805. The van der Waals surface area contributed by atoms with Gasteiger partial charge in [0.1, 0.15) is 11.5 Å². The largest absolute Gasteiger partial charge is 0.508 e. The van der Waals surface area contributed by atoms with Gasteiger partial charge in [0.05, 0.1) is 0 Å². The summed E-state index contributed by atoms with van der Waals surface area (Å²) in [5.74, 6) is -0.317. The van der Waals surface area contributed by atoms with Crippen LogP contribution in [0.4, 0.5) is 0 Å². The number of carboxylic acid groups (broad SMARTS) is 1. The Hall–Kier alpha value is -2.49. The molecule has 0 heterocycles. The SMILES string of the molecule is Cc1cc(C(C)(CCCC(=O)O)c2ccc(O)c(C)c2)ccc1O. The third-order valence-corrected chi connectivity index (χ3v) is 4.74. The number of aromatic hydroxyl groups is 2. The average molecular weight is 328 g/mol. The second kappa shape index (κ2) is 6.95. The number of phenols is 2. The molecule has 0 aromatic heterocycles. The lowest BCUT2D eigenvalue weighted by atomic mass is 9.72. The summed E-state index contributed by atoms with van der Waals surface area (Å²) in [6, 6.07) is 11.0. The Balaban J connectivity index is 2.48. The lowest BCUT2D eigenvalue weighted by molar-refractivity contribution is -0.137. The molecular formula is C20H24O4. The predicted molar refractivity (Wildman–Crippen MR) is 93.6 cm³/mol. The topological polar surface area (TPSA) is 77.8 Å². The standard InChI is InChI=1S/C20H24O4/c1-13-11-15(6-8-17(13)21)20(3,10-4-5-19(23)24)16-7-9-18(22)14(2)12-16/h6-9,11-12,21-22H,4-5,10H2,1-3H3,(H,23,24). The average Bonchev–Trinajstić information content (AvgIpc) is 2.52. The smallest absolute Gasteiger partial charge is 0.303 e. The molecule has 0 amide bonds. The summed E-state index contributed by atoms with van der Waals surface area (Å²) in [4.78, 5) is 10.9. The molecule has 2 rings (SSSR count). The van der Waals surface area contributed by atoms with Crippen molar-refractivity contribution in [2.45, 2.75) is 45.4 Å². The van der Waals surface area contributed by atoms with E-state index in [0.29, 0.717) is 12.8 Å². The lowest BCUT2D eigenvalue weighted by Crippen LogP contribution is -2.24. The quantitative estimate of drug-likeness (QED) is 0.740. The van der Waals surface area contributed by atoms with E-state index >= 15 is 0 Å². The van der Waals surface area contributed by atoms with Gasteiger partial charge in [0.25, 0.3) is 0 Å². The molecule has 0 aliphatic heterocycles. The van der Waals surface area contributed by atoms with Crippen LogP contribution in [0.2, 0.25) is 0 Å². The number of benzene rings is 2. The van der Waals surface area contributed by atoms with Crippen molar-refractivity contribution in [1.29, 1.82) is 0 Å². The molecule has 0 aliphatic rings. The maximum absolute atomic E-state index is 10.9. The Morgan fingerprint density at radius 2 is 1.42 bits per heavy atom. The molecule has 0 radical (unpaired) electrons. The molecule has 0 saturated carbocycles. The van der Waals surface area contributed by atoms with E-state index in [9.17, 15) is 15.0 Å². The highest BCUT2D eigenvalue weighted by molar-refractivity contribution is 5.66. The first kappa shape index (κ1) is 17.9. The Kier molecular flexibility index (Phi) is 5.17. The van der Waals surface area contributed by atoms with Gasteiger partial charge in [0.15, 0.2) is 0 Å². The second-order valence-electron chi connectivity index (χ2n) is 6.58. The van der Waals surface area contributed by atoms with Gasteiger partial charge in [0, 0.05) is 11.8 Å². The van der Waals surface area contributed by atoms with Gasteiger partial charge >= 0.3 is 5.97 Å². The zero-order valence-electron chi connectivity index (χ0n) is 14.3. The van der Waals surface area contributed by atoms with Gasteiger partial charge < -0.3 is 15.3 Å². The molecule has 4 nitrogen and oxygen atoms in total. The third-order valence-electron chi connectivity index (χ3n) is 4.74. The molecule has 24 heavy (non-hydrogen) atoms. The summed E-state index contributed by atoms with van der Waals surface area (Å²) in [7, 11) is 0. The molecule has 3 N–H and O–H groups in total. The van der Waals surface area contributed by atoms with E-state index < -0.39 is 11.4 Å². The molecule has 0 spiro atoms. The maximum Gasteiger partial charge on any atom is 0.303 e. The summed E-state index contributed by atoms with van der Waals surface area (Å²) in [6.45, 7) is 5.77. The van der Waals surface area contributed by atoms with Crippen molar-refractivity contribution in [3.8, 4) is 11.5 Å². The molecule has 0 saturated heterocycles. The number of rotatable bonds is 6. The number of carboxylic acids is 1. The number of phenolic OH excluding ortho intramolecular Hbond substituents is 2. The molecule has 2 aromatic carbocycles. The van der Waals surface area contributed by atoms with Crippen LogP contribution in [0.5, 0.6) is 11.5 Å². The normalized spacial score (nSPS) is 11.5. The molecule has 0 fully saturated rings. The van der Waals surface area contributed by atoms with Crippen LogP contribution in [0.1, 0.15) is 48.4 Å². The van der Waals surface area contributed by atoms with Crippen molar-refractivity contribution < 1.29 is 20.1 Å². The van der Waals surface area contributed by atoms with Crippen molar-refractivity contribution in [3.63, 3.8) is 0 Å². The molecule has 0 atom stereocenters. The van der Waals surface area contributed by atoms with E-state index in [1.54, 1.807) is 12.1 Å². The van der Waals surface area contributed by atoms with Gasteiger partial charge in [-0.2, -0.15) is 0 Å². The molecule has 0 bridgehead atoms. The highest BCUT2D eigenvalue weighted by Crippen LogP contribution is 2.39. The number of hydrogen-bond donors (Lipinski definition) is 3. The van der Waals surface area contributed by atoms with E-state index in [0.717, 1.165) is 22.3 Å². The Morgan fingerprint density at radius 1 is 0.958 bits per heavy atom. The predicted octanol–water partition coefficient (Wildman–Crippen LogP) is 4.28. The highest BCUT2D eigenvalue weighted by Gasteiger charge is 2.29. The summed E-state index contributed by atoms with van der Waals surface area (Å²) < 4.78 is 0. The van der Waals surface area contributed by atoms with Crippen molar-refractivity contribution in [3.05, 3.63) is 58.7 Å². The molecule has 0 aliphatic carbocycles. The fourth-order valence-electron chi connectivity index (χ4n) is 3.05. The van der Waals surface area contributed by atoms with Crippen molar-refractivity contribution in [2.24, 2.45) is 0 Å². The van der Waals surface area contributed by atoms with E-state index in [1.165, 1.54) is 0 Å². The molecule has 0 unspecified atom stereocenters. The van der Waals surface area contributed by atoms with Gasteiger partial charge in [-0.25, -0.2) is 0 Å². The Bertz CT molecular complexity index is 698. The van der Waals surface area contributed by atoms with Gasteiger partial charge in [-0.1, -0.05) is 31.2 Å². The van der Waals surface area contributed by atoms with Crippen LogP contribution in [-0.2, 0) is 10.2 Å². The van der Waals surface area contributed by atoms with E-state index in [2.05, 4.69) is 6.92 Å². The fourth-order valence-corrected chi connectivity index (χ4v) is 3.05. The molecule has 128 valence electrons. The zero-order chi connectivity index (χ0) is 17.9. The first-order valence-electron chi connectivity index (χ1n) is 8.06. The van der Waals surface area contributed by atoms with Crippen LogP contribution in [0, 0.1) is 13.8 Å². The second-order valence-corrected chi connectivity index (χ2v) is 6.58. The van der Waals surface area contributed by atoms with E-state index in [-0.39, 0.29) is 17.9 Å². The minimum absolute atomic E-state index is 0.115. The zero-order valence-corrected chi connectivity index (χ0v) is 14.3. The number of aliphatic carboxylic acids is 1. The van der Waals surface area contributed by atoms with Gasteiger partial charge in [-0.05, 0) is 61.1 Å². The first-order chi connectivity index (χ1) is 11.2.